The SMILES string of the molecule is CNCCn1cnc2ccc(OC)cc2c1=O. The largest absolute Gasteiger partial charge is 0.497 e. The van der Waals surface area contributed by atoms with Gasteiger partial charge in [-0.25, -0.2) is 4.98 Å². The van der Waals surface area contributed by atoms with Crippen LogP contribution in [0, 0.1) is 0 Å². The van der Waals surface area contributed by atoms with Crippen LogP contribution in [-0.4, -0.2) is 30.3 Å². The molecule has 0 amide bonds. The van der Waals surface area contributed by atoms with E-state index in [1.807, 2.05) is 7.05 Å². The lowest BCUT2D eigenvalue weighted by Gasteiger charge is -2.06. The maximum absolute atomic E-state index is 12.1. The number of rotatable bonds is 4. The Bertz CT molecular complexity index is 577. The molecule has 0 saturated heterocycles. The van der Waals surface area contributed by atoms with Gasteiger partial charge in [-0.1, -0.05) is 0 Å². The second-order valence-electron chi connectivity index (χ2n) is 3.73. The van der Waals surface area contributed by atoms with Gasteiger partial charge in [0.2, 0.25) is 0 Å². The van der Waals surface area contributed by atoms with Crippen molar-refractivity contribution in [3.63, 3.8) is 0 Å². The Labute approximate surface area is 99.0 Å². The Kier molecular flexibility index (Phi) is 3.39. The molecule has 5 heteroatoms. The molecule has 1 aromatic carbocycles. The Morgan fingerprint density at radius 1 is 1.47 bits per heavy atom. The minimum absolute atomic E-state index is 0.0378. The van der Waals surface area contributed by atoms with Crippen LogP contribution in [0.5, 0.6) is 5.75 Å². The molecule has 0 radical (unpaired) electrons. The van der Waals surface area contributed by atoms with E-state index in [-0.39, 0.29) is 5.56 Å². The molecule has 0 unspecified atom stereocenters. The third-order valence-corrected chi connectivity index (χ3v) is 2.63. The average molecular weight is 233 g/mol. The lowest BCUT2D eigenvalue weighted by Crippen LogP contribution is -2.25. The topological polar surface area (TPSA) is 56.1 Å². The number of fused-ring (bicyclic) bond motifs is 1. The summed E-state index contributed by atoms with van der Waals surface area (Å²) in [5.41, 5.74) is 0.653. The van der Waals surface area contributed by atoms with Gasteiger partial charge < -0.3 is 10.1 Å². The molecule has 1 aromatic heterocycles. The predicted octanol–water partition coefficient (Wildman–Crippen LogP) is 0.624. The molecule has 0 fully saturated rings. The molecule has 2 aromatic rings. The first-order valence-electron chi connectivity index (χ1n) is 5.44. The van der Waals surface area contributed by atoms with Gasteiger partial charge in [-0.15, -0.1) is 0 Å². The third kappa shape index (κ3) is 2.29. The van der Waals surface area contributed by atoms with Crippen LogP contribution in [0.2, 0.25) is 0 Å². The smallest absolute Gasteiger partial charge is 0.261 e. The Hall–Kier alpha value is -1.88. The number of ether oxygens (including phenoxy) is 1. The van der Waals surface area contributed by atoms with Gasteiger partial charge in [0, 0.05) is 13.1 Å². The highest BCUT2D eigenvalue weighted by molar-refractivity contribution is 5.78. The fourth-order valence-electron chi connectivity index (χ4n) is 1.66. The average Bonchev–Trinajstić information content (AvgIpc) is 2.38. The van der Waals surface area contributed by atoms with E-state index in [1.54, 1.807) is 36.2 Å². The molecule has 0 aliphatic carbocycles. The number of hydrogen-bond donors (Lipinski definition) is 1. The molecule has 17 heavy (non-hydrogen) atoms. The molecule has 0 saturated carbocycles. The molecule has 5 nitrogen and oxygen atoms in total. The fraction of sp³-hybridized carbons (Fsp3) is 0.333. The molecule has 1 heterocycles. The highest BCUT2D eigenvalue weighted by Gasteiger charge is 2.04. The van der Waals surface area contributed by atoms with E-state index < -0.39 is 0 Å². The molecule has 0 aliphatic rings. The Morgan fingerprint density at radius 3 is 3.00 bits per heavy atom. The zero-order valence-electron chi connectivity index (χ0n) is 9.93. The zero-order valence-corrected chi connectivity index (χ0v) is 9.93. The predicted molar refractivity (Wildman–Crippen MR) is 66.5 cm³/mol. The maximum Gasteiger partial charge on any atom is 0.261 e. The standard InChI is InChI=1S/C12H15N3O2/c1-13-5-6-15-8-14-11-4-3-9(17-2)7-10(11)12(15)16/h3-4,7-8,13H,5-6H2,1-2H3. The summed E-state index contributed by atoms with van der Waals surface area (Å²) in [6, 6.07) is 5.31. The zero-order chi connectivity index (χ0) is 12.3. The summed E-state index contributed by atoms with van der Waals surface area (Å²) in [4.78, 5) is 16.4. The van der Waals surface area contributed by atoms with Crippen LogP contribution in [0.4, 0.5) is 0 Å². The van der Waals surface area contributed by atoms with Crippen molar-refractivity contribution < 1.29 is 4.74 Å². The molecule has 0 bridgehead atoms. The Balaban J connectivity index is 2.52. The van der Waals surface area contributed by atoms with Crippen molar-refractivity contribution in [3.05, 3.63) is 34.9 Å². The van der Waals surface area contributed by atoms with Gasteiger partial charge in [0.1, 0.15) is 5.75 Å². The molecular weight excluding hydrogens is 218 g/mol. The normalized spacial score (nSPS) is 10.7. The number of nitrogens with zero attached hydrogens (tertiary/aromatic N) is 2. The summed E-state index contributed by atoms with van der Waals surface area (Å²) >= 11 is 0. The van der Waals surface area contributed by atoms with E-state index in [2.05, 4.69) is 10.3 Å². The third-order valence-electron chi connectivity index (χ3n) is 2.63. The molecule has 0 aliphatic heterocycles. The van der Waals surface area contributed by atoms with Crippen molar-refractivity contribution in [3.8, 4) is 5.75 Å². The Morgan fingerprint density at radius 2 is 2.29 bits per heavy atom. The molecular formula is C12H15N3O2. The van der Waals surface area contributed by atoms with Crippen molar-refractivity contribution >= 4 is 10.9 Å². The number of aromatic nitrogens is 2. The van der Waals surface area contributed by atoms with E-state index in [0.29, 0.717) is 23.2 Å². The second-order valence-corrected chi connectivity index (χ2v) is 3.73. The summed E-state index contributed by atoms with van der Waals surface area (Å²) in [6.07, 6.45) is 1.58. The molecule has 0 spiro atoms. The van der Waals surface area contributed by atoms with Gasteiger partial charge in [0.05, 0.1) is 24.3 Å². The number of nitrogens with one attached hydrogen (secondary N) is 1. The molecule has 90 valence electrons. The van der Waals surface area contributed by atoms with Crippen molar-refractivity contribution in [2.75, 3.05) is 20.7 Å². The summed E-state index contributed by atoms with van der Waals surface area (Å²) in [5.74, 6) is 0.669. The first-order chi connectivity index (χ1) is 8.26. The van der Waals surface area contributed by atoms with Crippen LogP contribution >= 0.6 is 0 Å². The summed E-state index contributed by atoms with van der Waals surface area (Å²) in [7, 11) is 3.43. The van der Waals surface area contributed by atoms with E-state index in [9.17, 15) is 4.79 Å². The summed E-state index contributed by atoms with van der Waals surface area (Å²) in [6.45, 7) is 1.34. The van der Waals surface area contributed by atoms with Crippen LogP contribution in [0.3, 0.4) is 0 Å². The highest BCUT2D eigenvalue weighted by atomic mass is 16.5. The van der Waals surface area contributed by atoms with Crippen LogP contribution in [-0.2, 0) is 6.54 Å². The monoisotopic (exact) mass is 233 g/mol. The van der Waals surface area contributed by atoms with Gasteiger partial charge in [0.15, 0.2) is 0 Å². The van der Waals surface area contributed by atoms with Gasteiger partial charge in [-0.05, 0) is 25.2 Å². The minimum atomic E-state index is -0.0378. The van der Waals surface area contributed by atoms with Crippen LogP contribution in [0.15, 0.2) is 29.3 Å². The molecule has 1 N–H and O–H groups in total. The summed E-state index contributed by atoms with van der Waals surface area (Å²) < 4.78 is 6.71. The van der Waals surface area contributed by atoms with Crippen LogP contribution in [0.1, 0.15) is 0 Å². The maximum atomic E-state index is 12.1. The fourth-order valence-corrected chi connectivity index (χ4v) is 1.66. The van der Waals surface area contributed by atoms with Gasteiger partial charge >= 0.3 is 0 Å². The highest BCUT2D eigenvalue weighted by Crippen LogP contribution is 2.15. The van der Waals surface area contributed by atoms with Crippen molar-refractivity contribution in [2.45, 2.75) is 6.54 Å². The first-order valence-corrected chi connectivity index (χ1v) is 5.44. The second kappa shape index (κ2) is 4.97. The van der Waals surface area contributed by atoms with Gasteiger partial charge in [0.25, 0.3) is 5.56 Å². The lowest BCUT2D eigenvalue weighted by molar-refractivity contribution is 0.415. The lowest BCUT2D eigenvalue weighted by atomic mass is 10.2. The molecule has 0 atom stereocenters. The van der Waals surface area contributed by atoms with Crippen molar-refractivity contribution in [2.24, 2.45) is 0 Å². The van der Waals surface area contributed by atoms with Gasteiger partial charge in [-0.3, -0.25) is 9.36 Å². The first kappa shape index (κ1) is 11.6. The summed E-state index contributed by atoms with van der Waals surface area (Å²) in [5, 5.41) is 3.59. The van der Waals surface area contributed by atoms with Crippen LogP contribution < -0.4 is 15.6 Å². The number of likely N-dealkylation sites (N-methyl/N-ethyl adjacent to an activating group) is 1. The van der Waals surface area contributed by atoms with Crippen LogP contribution in [0.25, 0.3) is 10.9 Å². The number of hydrogen-bond acceptors (Lipinski definition) is 4. The van der Waals surface area contributed by atoms with Crippen molar-refractivity contribution in [1.29, 1.82) is 0 Å². The molecule has 2 rings (SSSR count). The van der Waals surface area contributed by atoms with Gasteiger partial charge in [-0.2, -0.15) is 0 Å². The van der Waals surface area contributed by atoms with Crippen molar-refractivity contribution in [1.82, 2.24) is 14.9 Å². The van der Waals surface area contributed by atoms with E-state index >= 15 is 0 Å². The van der Waals surface area contributed by atoms with E-state index in [1.165, 1.54) is 0 Å². The number of benzene rings is 1. The van der Waals surface area contributed by atoms with E-state index in [4.69, 9.17) is 4.74 Å². The number of methoxy groups -OCH3 is 1. The minimum Gasteiger partial charge on any atom is -0.497 e. The quantitative estimate of drug-likeness (QED) is 0.841. The van der Waals surface area contributed by atoms with E-state index in [0.717, 1.165) is 6.54 Å².